The fourth-order valence-corrected chi connectivity index (χ4v) is 4.15. The molecule has 3 rings (SSSR count). The fraction of sp³-hybridized carbons (Fsp3) is 0.882. The van der Waals surface area contributed by atoms with Gasteiger partial charge in [-0.15, -0.1) is 0 Å². The molecule has 4 nitrogen and oxygen atoms in total. The minimum absolute atomic E-state index is 0.0661. The van der Waals surface area contributed by atoms with Crippen LogP contribution >= 0.6 is 0 Å². The van der Waals surface area contributed by atoms with Crippen molar-refractivity contribution in [3.63, 3.8) is 0 Å². The van der Waals surface area contributed by atoms with E-state index >= 15 is 0 Å². The lowest BCUT2D eigenvalue weighted by Gasteiger charge is -2.52. The Morgan fingerprint density at radius 1 is 1.10 bits per heavy atom. The molecule has 3 fully saturated rings. The van der Waals surface area contributed by atoms with Gasteiger partial charge in [0.1, 0.15) is 11.6 Å². The number of amides is 2. The lowest BCUT2D eigenvalue weighted by molar-refractivity contribution is -0.164. The van der Waals surface area contributed by atoms with E-state index in [0.717, 1.165) is 25.7 Å². The van der Waals surface area contributed by atoms with Gasteiger partial charge in [-0.1, -0.05) is 33.6 Å². The van der Waals surface area contributed by atoms with Gasteiger partial charge in [0.05, 0.1) is 0 Å². The molecule has 0 radical (unpaired) electrons. The highest BCUT2D eigenvalue weighted by atomic mass is 16.2. The van der Waals surface area contributed by atoms with E-state index in [0.29, 0.717) is 5.92 Å². The Labute approximate surface area is 127 Å². The molecule has 2 atom stereocenters. The average molecular weight is 292 g/mol. The summed E-state index contributed by atoms with van der Waals surface area (Å²) in [5, 5.41) is 3.04. The van der Waals surface area contributed by atoms with Crippen LogP contribution in [-0.2, 0) is 9.59 Å². The summed E-state index contributed by atoms with van der Waals surface area (Å²) in [7, 11) is 0. The molecule has 1 N–H and O–H groups in total. The van der Waals surface area contributed by atoms with Crippen LogP contribution in [0.1, 0.15) is 66.2 Å². The first-order valence-corrected chi connectivity index (χ1v) is 8.40. The Bertz CT molecular complexity index is 458. The number of hydrogen-bond donors (Lipinski definition) is 1. The van der Waals surface area contributed by atoms with Gasteiger partial charge in [0, 0.05) is 6.04 Å². The van der Waals surface area contributed by atoms with E-state index in [9.17, 15) is 9.59 Å². The minimum atomic E-state index is -0.617. The predicted octanol–water partition coefficient (Wildman–Crippen LogP) is 2.47. The zero-order valence-corrected chi connectivity index (χ0v) is 13.7. The first-order valence-electron chi connectivity index (χ1n) is 8.40. The van der Waals surface area contributed by atoms with Crippen LogP contribution in [0.25, 0.3) is 0 Å². The summed E-state index contributed by atoms with van der Waals surface area (Å²) in [4.78, 5) is 28.0. The summed E-state index contributed by atoms with van der Waals surface area (Å²) in [6, 6.07) is -0.128. The van der Waals surface area contributed by atoms with Gasteiger partial charge in [-0.2, -0.15) is 0 Å². The summed E-state index contributed by atoms with van der Waals surface area (Å²) >= 11 is 0. The van der Waals surface area contributed by atoms with Gasteiger partial charge in [-0.05, 0) is 43.9 Å². The third kappa shape index (κ3) is 2.27. The van der Waals surface area contributed by atoms with Gasteiger partial charge in [0.2, 0.25) is 11.8 Å². The van der Waals surface area contributed by atoms with Crippen molar-refractivity contribution < 1.29 is 9.59 Å². The van der Waals surface area contributed by atoms with Crippen LogP contribution in [0.5, 0.6) is 0 Å². The molecule has 0 spiro atoms. The second-order valence-electron chi connectivity index (χ2n) is 8.34. The Hall–Kier alpha value is -1.06. The van der Waals surface area contributed by atoms with E-state index in [4.69, 9.17) is 0 Å². The topological polar surface area (TPSA) is 49.4 Å². The van der Waals surface area contributed by atoms with Crippen LogP contribution in [0, 0.1) is 11.3 Å². The summed E-state index contributed by atoms with van der Waals surface area (Å²) in [5.74, 6) is 0.558. The van der Waals surface area contributed by atoms with Crippen molar-refractivity contribution in [3.8, 4) is 0 Å². The van der Waals surface area contributed by atoms with Crippen molar-refractivity contribution in [1.29, 1.82) is 0 Å². The Balaban J connectivity index is 1.98. The first kappa shape index (κ1) is 14.9. The maximum absolute atomic E-state index is 13.2. The molecule has 0 bridgehead atoms. The number of piperazine rings is 1. The second-order valence-corrected chi connectivity index (χ2v) is 8.34. The van der Waals surface area contributed by atoms with Crippen molar-refractivity contribution >= 4 is 11.8 Å². The highest BCUT2D eigenvalue weighted by Crippen LogP contribution is 2.48. The molecule has 1 heterocycles. The third-order valence-corrected chi connectivity index (χ3v) is 5.65. The van der Waals surface area contributed by atoms with Crippen LogP contribution < -0.4 is 5.32 Å². The van der Waals surface area contributed by atoms with Crippen molar-refractivity contribution in [2.75, 3.05) is 0 Å². The van der Waals surface area contributed by atoms with E-state index in [1.807, 2.05) is 32.6 Å². The van der Waals surface area contributed by atoms with E-state index < -0.39 is 11.6 Å². The van der Waals surface area contributed by atoms with Gasteiger partial charge in [0.15, 0.2) is 0 Å². The van der Waals surface area contributed by atoms with E-state index in [1.165, 1.54) is 12.8 Å². The van der Waals surface area contributed by atoms with Crippen LogP contribution in [0.2, 0.25) is 0 Å². The number of rotatable bonds is 2. The zero-order valence-electron chi connectivity index (χ0n) is 13.7. The number of nitrogens with zero attached hydrogens (tertiary/aromatic N) is 1. The molecular weight excluding hydrogens is 264 g/mol. The summed E-state index contributed by atoms with van der Waals surface area (Å²) in [6.07, 6.45) is 6.60. The van der Waals surface area contributed by atoms with Crippen LogP contribution in [0.15, 0.2) is 0 Å². The molecule has 0 aromatic carbocycles. The first-order chi connectivity index (χ1) is 9.76. The highest BCUT2D eigenvalue weighted by Gasteiger charge is 2.60. The van der Waals surface area contributed by atoms with Gasteiger partial charge in [0.25, 0.3) is 0 Å². The quantitative estimate of drug-likeness (QED) is 0.850. The van der Waals surface area contributed by atoms with Crippen molar-refractivity contribution in [2.45, 2.75) is 83.8 Å². The summed E-state index contributed by atoms with van der Waals surface area (Å²) < 4.78 is 0. The predicted molar refractivity (Wildman–Crippen MR) is 81.6 cm³/mol. The molecule has 3 aliphatic rings. The van der Waals surface area contributed by atoms with E-state index in [2.05, 4.69) is 5.32 Å². The fourth-order valence-electron chi connectivity index (χ4n) is 4.15. The largest absolute Gasteiger partial charge is 0.342 e. The van der Waals surface area contributed by atoms with Gasteiger partial charge in [-0.3, -0.25) is 9.59 Å². The number of carbonyl (C=O) groups is 2. The molecule has 21 heavy (non-hydrogen) atoms. The van der Waals surface area contributed by atoms with E-state index in [1.54, 1.807) is 0 Å². The average Bonchev–Trinajstić information content (AvgIpc) is 3.12. The summed E-state index contributed by atoms with van der Waals surface area (Å²) in [5.41, 5.74) is -0.859. The van der Waals surface area contributed by atoms with Gasteiger partial charge >= 0.3 is 0 Å². The van der Waals surface area contributed by atoms with Crippen LogP contribution in [0.3, 0.4) is 0 Å². The Morgan fingerprint density at radius 2 is 1.67 bits per heavy atom. The number of hydrogen-bond acceptors (Lipinski definition) is 2. The molecule has 2 amide bonds. The molecule has 2 aliphatic carbocycles. The molecule has 0 aromatic rings. The molecule has 0 aromatic heterocycles. The van der Waals surface area contributed by atoms with Crippen LogP contribution in [0.4, 0.5) is 0 Å². The number of nitrogens with one attached hydrogen (secondary N) is 1. The highest BCUT2D eigenvalue weighted by molar-refractivity contribution is 6.00. The molecule has 2 saturated carbocycles. The van der Waals surface area contributed by atoms with Crippen LogP contribution in [-0.4, -0.2) is 34.3 Å². The standard InChI is InChI=1S/C17H28N2O2/c1-16(2,3)13-14(20)19(12-7-5-6-8-12)17(4,11-9-10-11)15(21)18-13/h11-13H,5-10H2,1-4H3,(H,18,21). The monoisotopic (exact) mass is 292 g/mol. The molecule has 2 unspecified atom stereocenters. The maximum atomic E-state index is 13.2. The van der Waals surface area contributed by atoms with Crippen molar-refractivity contribution in [1.82, 2.24) is 10.2 Å². The lowest BCUT2D eigenvalue weighted by atomic mass is 9.79. The molecule has 1 saturated heterocycles. The zero-order chi connectivity index (χ0) is 15.4. The number of carbonyl (C=O) groups excluding carboxylic acids is 2. The molecule has 1 aliphatic heterocycles. The van der Waals surface area contributed by atoms with Crippen molar-refractivity contribution in [2.24, 2.45) is 11.3 Å². The summed E-state index contributed by atoms with van der Waals surface area (Å²) in [6.45, 7) is 8.09. The second kappa shape index (κ2) is 4.72. The normalized spacial score (nSPS) is 35.2. The Morgan fingerprint density at radius 3 is 2.14 bits per heavy atom. The third-order valence-electron chi connectivity index (χ3n) is 5.65. The van der Waals surface area contributed by atoms with Gasteiger partial charge < -0.3 is 10.2 Å². The molecule has 118 valence electrons. The minimum Gasteiger partial charge on any atom is -0.342 e. The maximum Gasteiger partial charge on any atom is 0.246 e. The molecular formula is C17H28N2O2. The SMILES string of the molecule is CC(C)(C)C1NC(=O)C(C)(C2CC2)N(C2CCCC2)C1=O. The Kier molecular flexibility index (Phi) is 3.34. The van der Waals surface area contributed by atoms with Crippen molar-refractivity contribution in [3.05, 3.63) is 0 Å². The smallest absolute Gasteiger partial charge is 0.246 e. The van der Waals surface area contributed by atoms with Gasteiger partial charge in [-0.25, -0.2) is 0 Å². The molecule has 4 heteroatoms. The lowest BCUT2D eigenvalue weighted by Crippen LogP contribution is -2.74. The van der Waals surface area contributed by atoms with E-state index in [-0.39, 0.29) is 23.3 Å².